The predicted octanol–water partition coefficient (Wildman–Crippen LogP) is 2.04. The second-order valence-electron chi connectivity index (χ2n) is 3.58. The van der Waals surface area contributed by atoms with E-state index >= 15 is 0 Å². The van der Waals surface area contributed by atoms with Crippen molar-refractivity contribution in [2.24, 2.45) is 0 Å². The van der Waals surface area contributed by atoms with E-state index in [1.165, 1.54) is 11.2 Å². The van der Waals surface area contributed by atoms with Gasteiger partial charge in [0, 0.05) is 6.04 Å². The predicted molar refractivity (Wildman–Crippen MR) is 48.3 cm³/mol. The number of amides is 1. The van der Waals surface area contributed by atoms with Crippen LogP contribution in [0.4, 0.5) is 8.78 Å². The fraction of sp³-hybridized carbons (Fsp3) is 0.500. The summed E-state index contributed by atoms with van der Waals surface area (Å²) < 4.78 is 29.6. The average Bonchev–Trinajstić information content (AvgIpc) is 2.92. The summed E-state index contributed by atoms with van der Waals surface area (Å²) in [5, 5.41) is 0. The minimum atomic E-state index is -2.93. The van der Waals surface area contributed by atoms with E-state index in [2.05, 4.69) is 0 Å². The summed E-state index contributed by atoms with van der Waals surface area (Å²) in [6.45, 7) is 0.140. The van der Waals surface area contributed by atoms with Crippen molar-refractivity contribution in [3.63, 3.8) is 0 Å². The molecule has 3 nitrogen and oxygen atoms in total. The summed E-state index contributed by atoms with van der Waals surface area (Å²) in [6.07, 6.45) is 0.145. The zero-order valence-corrected chi connectivity index (χ0v) is 8.03. The van der Waals surface area contributed by atoms with E-state index in [0.717, 1.165) is 12.8 Å². The van der Waals surface area contributed by atoms with Crippen molar-refractivity contribution in [3.8, 4) is 0 Å². The molecule has 1 aromatic heterocycles. The Morgan fingerprint density at radius 2 is 2.33 bits per heavy atom. The van der Waals surface area contributed by atoms with Gasteiger partial charge in [-0.3, -0.25) is 4.79 Å². The SMILES string of the molecule is O=C(C(F)F)N(Cc1ccco1)C1CC1. The molecule has 1 heterocycles. The third-order valence-corrected chi connectivity index (χ3v) is 2.36. The lowest BCUT2D eigenvalue weighted by molar-refractivity contribution is -0.144. The van der Waals surface area contributed by atoms with Gasteiger partial charge in [0.25, 0.3) is 5.91 Å². The van der Waals surface area contributed by atoms with E-state index < -0.39 is 12.3 Å². The molecule has 0 unspecified atom stereocenters. The fourth-order valence-electron chi connectivity index (χ4n) is 1.47. The van der Waals surface area contributed by atoms with E-state index in [1.54, 1.807) is 12.1 Å². The fourth-order valence-corrected chi connectivity index (χ4v) is 1.47. The normalized spacial score (nSPS) is 15.7. The maximum absolute atomic E-state index is 12.3. The van der Waals surface area contributed by atoms with Crippen LogP contribution < -0.4 is 0 Å². The van der Waals surface area contributed by atoms with E-state index in [9.17, 15) is 13.6 Å². The molecule has 1 amide bonds. The zero-order chi connectivity index (χ0) is 10.8. The number of furan rings is 1. The van der Waals surface area contributed by atoms with E-state index in [0.29, 0.717) is 5.76 Å². The van der Waals surface area contributed by atoms with Gasteiger partial charge in [0.15, 0.2) is 0 Å². The van der Waals surface area contributed by atoms with Crippen molar-refractivity contribution >= 4 is 5.91 Å². The Balaban J connectivity index is 2.03. The highest BCUT2D eigenvalue weighted by atomic mass is 19.3. The van der Waals surface area contributed by atoms with Crippen LogP contribution in [0.5, 0.6) is 0 Å². The summed E-state index contributed by atoms with van der Waals surface area (Å²) >= 11 is 0. The third-order valence-electron chi connectivity index (χ3n) is 2.36. The first-order valence-corrected chi connectivity index (χ1v) is 4.79. The van der Waals surface area contributed by atoms with Crippen LogP contribution in [-0.2, 0) is 11.3 Å². The topological polar surface area (TPSA) is 33.5 Å². The number of halogens is 2. The number of nitrogens with zero attached hydrogens (tertiary/aromatic N) is 1. The maximum Gasteiger partial charge on any atom is 0.315 e. The Bertz CT molecular complexity index is 333. The summed E-state index contributed by atoms with van der Waals surface area (Å²) in [4.78, 5) is 12.4. The zero-order valence-electron chi connectivity index (χ0n) is 8.03. The van der Waals surface area contributed by atoms with Crippen LogP contribution in [0.1, 0.15) is 18.6 Å². The monoisotopic (exact) mass is 215 g/mol. The molecule has 82 valence electrons. The molecule has 1 aromatic rings. The van der Waals surface area contributed by atoms with Crippen LogP contribution in [0.25, 0.3) is 0 Å². The van der Waals surface area contributed by atoms with E-state index in [4.69, 9.17) is 4.42 Å². The van der Waals surface area contributed by atoms with Crippen LogP contribution >= 0.6 is 0 Å². The third kappa shape index (κ3) is 2.34. The molecule has 2 rings (SSSR count). The summed E-state index contributed by atoms with van der Waals surface area (Å²) in [5.41, 5.74) is 0. The molecule has 0 saturated heterocycles. The van der Waals surface area contributed by atoms with Gasteiger partial charge in [-0.25, -0.2) is 0 Å². The molecule has 0 bridgehead atoms. The van der Waals surface area contributed by atoms with Crippen molar-refractivity contribution < 1.29 is 18.0 Å². The molecule has 0 radical (unpaired) electrons. The molecule has 1 aliphatic carbocycles. The first-order valence-electron chi connectivity index (χ1n) is 4.79. The van der Waals surface area contributed by atoms with Crippen molar-refractivity contribution in [3.05, 3.63) is 24.2 Å². The Morgan fingerprint density at radius 3 is 2.80 bits per heavy atom. The molecule has 0 atom stereocenters. The molecule has 1 fully saturated rings. The summed E-state index contributed by atoms with van der Waals surface area (Å²) in [5.74, 6) is -0.565. The lowest BCUT2D eigenvalue weighted by Gasteiger charge is -2.20. The minimum Gasteiger partial charge on any atom is -0.467 e. The smallest absolute Gasteiger partial charge is 0.315 e. The van der Waals surface area contributed by atoms with Gasteiger partial charge in [0.2, 0.25) is 0 Å². The average molecular weight is 215 g/mol. The van der Waals surface area contributed by atoms with Gasteiger partial charge in [-0.15, -0.1) is 0 Å². The van der Waals surface area contributed by atoms with Crippen molar-refractivity contribution in [2.45, 2.75) is 31.9 Å². The second-order valence-corrected chi connectivity index (χ2v) is 3.58. The lowest BCUT2D eigenvalue weighted by atomic mass is 10.3. The highest BCUT2D eigenvalue weighted by molar-refractivity contribution is 5.79. The van der Waals surface area contributed by atoms with Crippen LogP contribution in [0, 0.1) is 0 Å². The number of rotatable bonds is 4. The standard InChI is InChI=1S/C10H11F2NO2/c11-9(12)10(14)13(7-3-4-7)6-8-2-1-5-15-8/h1-2,5,7,9H,3-4,6H2. The first-order chi connectivity index (χ1) is 7.18. The molecule has 0 aromatic carbocycles. The van der Waals surface area contributed by atoms with Gasteiger partial charge in [0.1, 0.15) is 5.76 Å². The molecule has 1 aliphatic rings. The van der Waals surface area contributed by atoms with Crippen molar-refractivity contribution in [2.75, 3.05) is 0 Å². The Morgan fingerprint density at radius 1 is 1.60 bits per heavy atom. The number of alkyl halides is 2. The molecular weight excluding hydrogens is 204 g/mol. The van der Waals surface area contributed by atoms with Crippen LogP contribution in [0.3, 0.4) is 0 Å². The van der Waals surface area contributed by atoms with Crippen molar-refractivity contribution in [1.29, 1.82) is 0 Å². The van der Waals surface area contributed by atoms with Gasteiger partial charge in [-0.1, -0.05) is 0 Å². The van der Waals surface area contributed by atoms with Crippen LogP contribution in [0.2, 0.25) is 0 Å². The molecule has 0 N–H and O–H groups in total. The van der Waals surface area contributed by atoms with Gasteiger partial charge in [-0.05, 0) is 25.0 Å². The molecular formula is C10H11F2NO2. The number of carbonyl (C=O) groups is 1. The minimum absolute atomic E-state index is 0.0309. The summed E-state index contributed by atoms with van der Waals surface area (Å²) in [6, 6.07) is 3.32. The van der Waals surface area contributed by atoms with Crippen LogP contribution in [0.15, 0.2) is 22.8 Å². The Labute approximate surface area is 85.7 Å². The van der Waals surface area contributed by atoms with E-state index in [-0.39, 0.29) is 12.6 Å². The Kier molecular flexibility index (Phi) is 2.70. The highest BCUT2D eigenvalue weighted by Crippen LogP contribution is 2.29. The second kappa shape index (κ2) is 4.00. The highest BCUT2D eigenvalue weighted by Gasteiger charge is 2.36. The number of carbonyl (C=O) groups excluding carboxylic acids is 1. The largest absolute Gasteiger partial charge is 0.467 e. The molecule has 0 spiro atoms. The first kappa shape index (κ1) is 10.1. The van der Waals surface area contributed by atoms with Gasteiger partial charge >= 0.3 is 6.43 Å². The number of hydrogen-bond donors (Lipinski definition) is 0. The van der Waals surface area contributed by atoms with Crippen LogP contribution in [-0.4, -0.2) is 23.3 Å². The summed E-state index contributed by atoms with van der Waals surface area (Å²) in [7, 11) is 0. The van der Waals surface area contributed by atoms with Crippen molar-refractivity contribution in [1.82, 2.24) is 4.90 Å². The quantitative estimate of drug-likeness (QED) is 0.770. The molecule has 5 heteroatoms. The molecule has 0 aliphatic heterocycles. The lowest BCUT2D eigenvalue weighted by Crippen LogP contribution is -2.36. The van der Waals surface area contributed by atoms with Gasteiger partial charge in [-0.2, -0.15) is 8.78 Å². The number of hydrogen-bond acceptors (Lipinski definition) is 2. The molecule has 1 saturated carbocycles. The maximum atomic E-state index is 12.3. The molecule has 15 heavy (non-hydrogen) atoms. The van der Waals surface area contributed by atoms with E-state index in [1.807, 2.05) is 0 Å². The van der Waals surface area contributed by atoms with Gasteiger partial charge < -0.3 is 9.32 Å². The van der Waals surface area contributed by atoms with Gasteiger partial charge in [0.05, 0.1) is 12.8 Å². The Hall–Kier alpha value is -1.39.